The average molecular weight is 495 g/mol. The zero-order valence-electron chi connectivity index (χ0n) is 19.8. The molecule has 1 aliphatic carbocycles. The lowest BCUT2D eigenvalue weighted by molar-refractivity contribution is 0.0913. The second-order valence-electron chi connectivity index (χ2n) is 10.0. The number of rotatable bonds is 5. The standard InChI is InChI=1S/C20H29B2F2N5O4S/c1-11-14(3-4-15(11)30)29-16-12(9-13(17(29)31)20(22,23)24)10-25-18(26-16)27-19(21)5-7-28(8-6-19)34(2,32)33/h9-11,14-15,30H,3-8,21-22H2,1-2H3,(H,25,26,27)/t11-,14-,15-/m0/s1. The summed E-state index contributed by atoms with van der Waals surface area (Å²) in [5.74, 6) is -3.41. The van der Waals surface area contributed by atoms with Gasteiger partial charge in [-0.3, -0.25) is 9.36 Å². The fourth-order valence-electron chi connectivity index (χ4n) is 5.00. The van der Waals surface area contributed by atoms with Gasteiger partial charge in [0.1, 0.15) is 13.5 Å². The van der Waals surface area contributed by atoms with Crippen LogP contribution in [0.15, 0.2) is 17.1 Å². The molecule has 2 aromatic rings. The van der Waals surface area contributed by atoms with Gasteiger partial charge in [-0.05, 0) is 31.7 Å². The van der Waals surface area contributed by atoms with E-state index in [1.165, 1.54) is 21.3 Å². The predicted molar refractivity (Wildman–Crippen MR) is 130 cm³/mol. The van der Waals surface area contributed by atoms with Crippen LogP contribution in [-0.2, 0) is 15.8 Å². The van der Waals surface area contributed by atoms with Crippen LogP contribution in [0.1, 0.15) is 44.2 Å². The maximum atomic E-state index is 14.3. The van der Waals surface area contributed by atoms with E-state index in [4.69, 9.17) is 0 Å². The van der Waals surface area contributed by atoms with Crippen LogP contribution in [0.5, 0.6) is 0 Å². The summed E-state index contributed by atoms with van der Waals surface area (Å²) in [5.41, 5.74) is -1.69. The predicted octanol–water partition coefficient (Wildman–Crippen LogP) is -0.397. The third-order valence-electron chi connectivity index (χ3n) is 7.26. The zero-order chi connectivity index (χ0) is 25.1. The average Bonchev–Trinajstić information content (AvgIpc) is 3.04. The fourth-order valence-corrected chi connectivity index (χ4v) is 5.84. The first kappa shape index (κ1) is 25.1. The highest BCUT2D eigenvalue weighted by Crippen LogP contribution is 2.37. The smallest absolute Gasteiger partial charge is 0.260 e. The molecule has 0 spiro atoms. The number of hydrogen-bond acceptors (Lipinski definition) is 7. The van der Waals surface area contributed by atoms with Crippen LogP contribution in [0, 0.1) is 5.92 Å². The van der Waals surface area contributed by atoms with Gasteiger partial charge >= 0.3 is 0 Å². The monoisotopic (exact) mass is 495 g/mol. The number of halogens is 2. The highest BCUT2D eigenvalue weighted by atomic mass is 32.2. The minimum Gasteiger partial charge on any atom is -0.393 e. The Morgan fingerprint density at radius 1 is 1.29 bits per heavy atom. The second kappa shape index (κ2) is 8.56. The van der Waals surface area contributed by atoms with Crippen molar-refractivity contribution in [2.75, 3.05) is 24.7 Å². The molecule has 4 rings (SSSR count). The van der Waals surface area contributed by atoms with Crippen molar-refractivity contribution in [3.8, 4) is 0 Å². The van der Waals surface area contributed by atoms with E-state index in [9.17, 15) is 27.1 Å². The van der Waals surface area contributed by atoms with Crippen molar-refractivity contribution in [1.29, 1.82) is 0 Å². The lowest BCUT2D eigenvalue weighted by Gasteiger charge is -2.39. The summed E-state index contributed by atoms with van der Waals surface area (Å²) in [6.07, 6.45) is 3.98. The SMILES string of the molecule is BC1(Nc2ncc3cc(C(B)(F)F)c(=O)n([C@H]4CC[C@H](O)[C@H]4C)c3n2)CCN(S(C)(=O)=O)CC1. The number of aliphatic hydroxyl groups is 1. The number of hydrogen-bond donors (Lipinski definition) is 2. The van der Waals surface area contributed by atoms with Gasteiger partial charge in [0.05, 0.1) is 17.9 Å². The van der Waals surface area contributed by atoms with E-state index in [2.05, 4.69) is 15.3 Å². The number of anilines is 1. The van der Waals surface area contributed by atoms with Crippen LogP contribution < -0.4 is 10.9 Å². The summed E-state index contributed by atoms with van der Waals surface area (Å²) in [4.78, 5) is 22.1. The molecule has 3 heterocycles. The molecular weight excluding hydrogens is 466 g/mol. The van der Waals surface area contributed by atoms with E-state index in [1.807, 2.05) is 7.85 Å². The van der Waals surface area contributed by atoms with E-state index >= 15 is 0 Å². The van der Waals surface area contributed by atoms with Crippen molar-refractivity contribution >= 4 is 42.7 Å². The molecule has 0 radical (unpaired) electrons. The van der Waals surface area contributed by atoms with Crippen molar-refractivity contribution in [1.82, 2.24) is 18.8 Å². The summed E-state index contributed by atoms with van der Waals surface area (Å²) in [7, 11) is -0.633. The van der Waals surface area contributed by atoms with Crippen LogP contribution in [0.4, 0.5) is 14.7 Å². The van der Waals surface area contributed by atoms with Crippen LogP contribution >= 0.6 is 0 Å². The Bertz CT molecular complexity index is 1260. The molecule has 14 heteroatoms. The largest absolute Gasteiger partial charge is 0.393 e. The van der Waals surface area contributed by atoms with Gasteiger partial charge in [-0.2, -0.15) is 4.98 Å². The molecule has 0 amide bonds. The van der Waals surface area contributed by atoms with Crippen LogP contribution in [0.2, 0.25) is 0 Å². The first-order valence-corrected chi connectivity index (χ1v) is 13.3. The normalized spacial score (nSPS) is 26.1. The van der Waals surface area contributed by atoms with Gasteiger partial charge < -0.3 is 10.4 Å². The molecule has 1 saturated carbocycles. The van der Waals surface area contributed by atoms with Crippen molar-refractivity contribution in [2.24, 2.45) is 5.92 Å². The Labute approximate surface area is 198 Å². The Kier molecular flexibility index (Phi) is 6.31. The maximum Gasteiger partial charge on any atom is 0.260 e. The lowest BCUT2D eigenvalue weighted by atomic mass is 9.71. The quantitative estimate of drug-likeness (QED) is 0.543. The van der Waals surface area contributed by atoms with Crippen LogP contribution in [0.25, 0.3) is 11.0 Å². The van der Waals surface area contributed by atoms with Crippen LogP contribution in [0.3, 0.4) is 0 Å². The van der Waals surface area contributed by atoms with Gasteiger partial charge in [-0.25, -0.2) is 26.5 Å². The molecule has 2 aliphatic rings. The van der Waals surface area contributed by atoms with Gasteiger partial charge in [0.15, 0.2) is 7.85 Å². The number of nitrogens with one attached hydrogen (secondary N) is 1. The Morgan fingerprint density at radius 2 is 1.94 bits per heavy atom. The summed E-state index contributed by atoms with van der Waals surface area (Å²) in [5, 5.41) is 13.8. The van der Waals surface area contributed by atoms with Crippen molar-refractivity contribution < 1.29 is 22.3 Å². The summed E-state index contributed by atoms with van der Waals surface area (Å²) >= 11 is 0. The Morgan fingerprint density at radius 3 is 2.47 bits per heavy atom. The van der Waals surface area contributed by atoms with Gasteiger partial charge in [-0.15, -0.1) is 0 Å². The summed E-state index contributed by atoms with van der Waals surface area (Å²) in [6, 6.07) is 0.670. The Hall–Kier alpha value is -2.05. The first-order chi connectivity index (χ1) is 15.7. The minimum atomic E-state index is -3.34. The zero-order valence-corrected chi connectivity index (χ0v) is 20.6. The topological polar surface area (TPSA) is 117 Å². The summed E-state index contributed by atoms with van der Waals surface area (Å²) in [6.45, 7) is 2.51. The number of aromatic nitrogens is 3. The lowest BCUT2D eigenvalue weighted by Crippen LogP contribution is -2.51. The molecule has 3 atom stereocenters. The first-order valence-electron chi connectivity index (χ1n) is 11.4. The Balaban J connectivity index is 1.75. The number of sulfonamides is 1. The number of fused-ring (bicyclic) bond motifs is 1. The number of alkyl halides is 2. The minimum absolute atomic E-state index is 0.234. The molecule has 2 N–H and O–H groups in total. The number of nitrogens with zero attached hydrogens (tertiary/aromatic N) is 4. The van der Waals surface area contributed by atoms with Crippen molar-refractivity contribution in [3.63, 3.8) is 0 Å². The second-order valence-corrected chi connectivity index (χ2v) is 12.0. The van der Waals surface area contributed by atoms with Gasteiger partial charge in [0.2, 0.25) is 21.8 Å². The molecule has 9 nitrogen and oxygen atoms in total. The molecule has 34 heavy (non-hydrogen) atoms. The fraction of sp³-hybridized carbons (Fsp3) is 0.650. The highest BCUT2D eigenvalue weighted by molar-refractivity contribution is 7.88. The van der Waals surface area contributed by atoms with Gasteiger partial charge in [-0.1, -0.05) is 6.92 Å². The van der Waals surface area contributed by atoms with Crippen molar-refractivity contribution in [2.45, 2.75) is 56.0 Å². The maximum absolute atomic E-state index is 14.3. The van der Waals surface area contributed by atoms with E-state index in [1.54, 1.807) is 6.92 Å². The van der Waals surface area contributed by atoms with Gasteiger partial charge in [0, 0.05) is 42.1 Å². The molecule has 184 valence electrons. The molecule has 1 saturated heterocycles. The van der Waals surface area contributed by atoms with E-state index < -0.39 is 44.6 Å². The molecule has 2 fully saturated rings. The number of piperidine rings is 1. The van der Waals surface area contributed by atoms with Gasteiger partial charge in [0.25, 0.3) is 5.56 Å². The third-order valence-corrected chi connectivity index (χ3v) is 8.56. The highest BCUT2D eigenvalue weighted by Gasteiger charge is 2.38. The molecule has 1 aliphatic heterocycles. The van der Waals surface area contributed by atoms with Crippen LogP contribution in [-0.4, -0.2) is 78.9 Å². The van der Waals surface area contributed by atoms with E-state index in [0.29, 0.717) is 52.0 Å². The van der Waals surface area contributed by atoms with E-state index in [-0.39, 0.29) is 17.5 Å². The molecule has 0 unspecified atom stereocenters. The molecule has 2 aromatic heterocycles. The molecular formula is C20H29B2F2N5O4S. The van der Waals surface area contributed by atoms with Crippen molar-refractivity contribution in [3.05, 3.63) is 28.2 Å². The number of aliphatic hydroxyl groups excluding tert-OH is 1. The molecule has 0 bridgehead atoms. The number of pyridine rings is 1. The third kappa shape index (κ3) is 4.72. The van der Waals surface area contributed by atoms with E-state index in [0.717, 1.165) is 6.07 Å². The summed E-state index contributed by atoms with van der Waals surface area (Å²) < 4.78 is 54.9. The molecule has 0 aromatic carbocycles.